The predicted molar refractivity (Wildman–Crippen MR) is 89.1 cm³/mol. The van der Waals surface area contributed by atoms with E-state index in [2.05, 4.69) is 57.2 Å². The molecule has 0 aliphatic heterocycles. The molecule has 0 heterocycles. The van der Waals surface area contributed by atoms with Crippen molar-refractivity contribution in [3.05, 3.63) is 58.1 Å². The first-order valence-electron chi connectivity index (χ1n) is 7.03. The standard InChI is InChI=1S/C19H22O2/c1-13-10-17(12-19(21-5)15(13)3)7-6-16-8-9-18(20-4)14(2)11-16/h6-12H,1-5H3. The second kappa shape index (κ2) is 6.49. The van der Waals surface area contributed by atoms with Gasteiger partial charge in [-0.3, -0.25) is 0 Å². The van der Waals surface area contributed by atoms with Gasteiger partial charge in [0.2, 0.25) is 0 Å². The van der Waals surface area contributed by atoms with Crippen molar-refractivity contribution in [3.63, 3.8) is 0 Å². The van der Waals surface area contributed by atoms with E-state index in [-0.39, 0.29) is 0 Å². The lowest BCUT2D eigenvalue weighted by Gasteiger charge is -2.09. The van der Waals surface area contributed by atoms with Crippen molar-refractivity contribution in [1.29, 1.82) is 0 Å². The van der Waals surface area contributed by atoms with Crippen LogP contribution in [0.3, 0.4) is 0 Å². The summed E-state index contributed by atoms with van der Waals surface area (Å²) in [6.45, 7) is 6.23. The van der Waals surface area contributed by atoms with Crippen molar-refractivity contribution in [3.8, 4) is 11.5 Å². The van der Waals surface area contributed by atoms with E-state index < -0.39 is 0 Å². The van der Waals surface area contributed by atoms with Crippen LogP contribution in [0.1, 0.15) is 27.8 Å². The molecule has 0 aliphatic rings. The molecule has 0 saturated heterocycles. The summed E-state index contributed by atoms with van der Waals surface area (Å²) in [5, 5.41) is 0. The summed E-state index contributed by atoms with van der Waals surface area (Å²) < 4.78 is 10.7. The van der Waals surface area contributed by atoms with Crippen LogP contribution in [0.25, 0.3) is 12.2 Å². The SMILES string of the molecule is COc1ccc(C=Cc2cc(C)c(C)c(OC)c2)cc1C. The van der Waals surface area contributed by atoms with Gasteiger partial charge in [-0.2, -0.15) is 0 Å². The maximum Gasteiger partial charge on any atom is 0.122 e. The van der Waals surface area contributed by atoms with Gasteiger partial charge in [0, 0.05) is 0 Å². The molecule has 0 aromatic heterocycles. The maximum atomic E-state index is 5.42. The number of benzene rings is 2. The third kappa shape index (κ3) is 3.46. The zero-order valence-corrected chi connectivity index (χ0v) is 13.4. The average molecular weight is 282 g/mol. The van der Waals surface area contributed by atoms with E-state index >= 15 is 0 Å². The van der Waals surface area contributed by atoms with Gasteiger partial charge in [-0.25, -0.2) is 0 Å². The van der Waals surface area contributed by atoms with E-state index in [4.69, 9.17) is 9.47 Å². The number of methoxy groups -OCH3 is 2. The first-order valence-corrected chi connectivity index (χ1v) is 7.03. The number of ether oxygens (including phenoxy) is 2. The molecular formula is C19H22O2. The maximum absolute atomic E-state index is 5.42. The molecule has 0 unspecified atom stereocenters. The van der Waals surface area contributed by atoms with Gasteiger partial charge in [-0.05, 0) is 66.8 Å². The second-order valence-electron chi connectivity index (χ2n) is 5.23. The molecule has 2 heteroatoms. The Hall–Kier alpha value is -2.22. The third-order valence-corrected chi connectivity index (χ3v) is 3.75. The minimum atomic E-state index is 0.917. The highest BCUT2D eigenvalue weighted by Crippen LogP contribution is 2.25. The van der Waals surface area contributed by atoms with Crippen molar-refractivity contribution < 1.29 is 9.47 Å². The zero-order chi connectivity index (χ0) is 15.4. The molecule has 0 spiro atoms. The molecule has 2 aromatic carbocycles. The van der Waals surface area contributed by atoms with Gasteiger partial charge >= 0.3 is 0 Å². The van der Waals surface area contributed by atoms with Crippen molar-refractivity contribution in [2.24, 2.45) is 0 Å². The van der Waals surface area contributed by atoms with Crippen molar-refractivity contribution in [2.45, 2.75) is 20.8 Å². The molecule has 110 valence electrons. The Morgan fingerprint density at radius 3 is 1.95 bits per heavy atom. The van der Waals surface area contributed by atoms with Crippen LogP contribution < -0.4 is 9.47 Å². The Morgan fingerprint density at radius 1 is 0.714 bits per heavy atom. The smallest absolute Gasteiger partial charge is 0.122 e. The Labute approximate surface area is 127 Å². The van der Waals surface area contributed by atoms with Gasteiger partial charge < -0.3 is 9.47 Å². The molecule has 0 atom stereocenters. The Bertz CT molecular complexity index is 670. The van der Waals surface area contributed by atoms with Crippen LogP contribution in [0, 0.1) is 20.8 Å². The van der Waals surface area contributed by atoms with Crippen LogP contribution in [-0.2, 0) is 0 Å². The van der Waals surface area contributed by atoms with E-state index in [0.717, 1.165) is 28.2 Å². The molecule has 0 bridgehead atoms. The summed E-state index contributed by atoms with van der Waals surface area (Å²) in [6.07, 6.45) is 4.21. The highest BCUT2D eigenvalue weighted by atomic mass is 16.5. The number of rotatable bonds is 4. The van der Waals surface area contributed by atoms with Gasteiger partial charge in [0.25, 0.3) is 0 Å². The lowest BCUT2D eigenvalue weighted by atomic mass is 10.0. The Kier molecular flexibility index (Phi) is 4.69. The van der Waals surface area contributed by atoms with E-state index in [9.17, 15) is 0 Å². The van der Waals surface area contributed by atoms with Crippen LogP contribution in [0.15, 0.2) is 30.3 Å². The monoisotopic (exact) mass is 282 g/mol. The van der Waals surface area contributed by atoms with Crippen molar-refractivity contribution >= 4 is 12.2 Å². The molecule has 0 N–H and O–H groups in total. The molecule has 0 fully saturated rings. The highest BCUT2D eigenvalue weighted by Gasteiger charge is 2.03. The van der Waals surface area contributed by atoms with Crippen LogP contribution in [0.2, 0.25) is 0 Å². The minimum Gasteiger partial charge on any atom is -0.496 e. The summed E-state index contributed by atoms with van der Waals surface area (Å²) >= 11 is 0. The topological polar surface area (TPSA) is 18.5 Å². The minimum absolute atomic E-state index is 0.917. The normalized spacial score (nSPS) is 10.9. The predicted octanol–water partition coefficient (Wildman–Crippen LogP) is 4.80. The number of hydrogen-bond donors (Lipinski definition) is 0. The van der Waals surface area contributed by atoms with Gasteiger partial charge in [0.05, 0.1) is 14.2 Å². The third-order valence-electron chi connectivity index (χ3n) is 3.75. The molecule has 0 saturated carbocycles. The van der Waals surface area contributed by atoms with E-state index in [1.807, 2.05) is 6.07 Å². The summed E-state index contributed by atoms with van der Waals surface area (Å²) in [6, 6.07) is 10.4. The molecule has 21 heavy (non-hydrogen) atoms. The number of hydrogen-bond acceptors (Lipinski definition) is 2. The number of aryl methyl sites for hydroxylation is 2. The average Bonchev–Trinajstić information content (AvgIpc) is 2.48. The molecule has 0 radical (unpaired) electrons. The first kappa shape index (κ1) is 15.2. The molecule has 0 amide bonds. The van der Waals surface area contributed by atoms with Crippen LogP contribution in [0.5, 0.6) is 11.5 Å². The first-order chi connectivity index (χ1) is 10.0. The second-order valence-corrected chi connectivity index (χ2v) is 5.23. The molecule has 0 aliphatic carbocycles. The quantitative estimate of drug-likeness (QED) is 0.750. The van der Waals surface area contributed by atoms with Gasteiger partial charge in [-0.15, -0.1) is 0 Å². The fourth-order valence-electron chi connectivity index (χ4n) is 2.36. The summed E-state index contributed by atoms with van der Waals surface area (Å²) in [7, 11) is 3.40. The highest BCUT2D eigenvalue weighted by molar-refractivity contribution is 5.71. The fourth-order valence-corrected chi connectivity index (χ4v) is 2.36. The van der Waals surface area contributed by atoms with Gasteiger partial charge in [0.1, 0.15) is 11.5 Å². The van der Waals surface area contributed by atoms with Gasteiger partial charge in [-0.1, -0.05) is 24.3 Å². The van der Waals surface area contributed by atoms with Gasteiger partial charge in [0.15, 0.2) is 0 Å². The summed E-state index contributed by atoms with van der Waals surface area (Å²) in [4.78, 5) is 0. The van der Waals surface area contributed by atoms with E-state index in [0.29, 0.717) is 0 Å². The van der Waals surface area contributed by atoms with Crippen LogP contribution in [0.4, 0.5) is 0 Å². The Morgan fingerprint density at radius 2 is 1.33 bits per heavy atom. The fraction of sp³-hybridized carbons (Fsp3) is 0.263. The van der Waals surface area contributed by atoms with Crippen LogP contribution >= 0.6 is 0 Å². The molecular weight excluding hydrogens is 260 g/mol. The molecule has 2 aromatic rings. The lowest BCUT2D eigenvalue weighted by Crippen LogP contribution is -1.91. The van der Waals surface area contributed by atoms with Crippen molar-refractivity contribution in [2.75, 3.05) is 14.2 Å². The lowest BCUT2D eigenvalue weighted by molar-refractivity contribution is 0.411. The van der Waals surface area contributed by atoms with Crippen molar-refractivity contribution in [1.82, 2.24) is 0 Å². The summed E-state index contributed by atoms with van der Waals surface area (Å²) in [5.41, 5.74) is 5.86. The Balaban J connectivity index is 2.29. The van der Waals surface area contributed by atoms with E-state index in [1.54, 1.807) is 14.2 Å². The van der Waals surface area contributed by atoms with Crippen LogP contribution in [-0.4, -0.2) is 14.2 Å². The molecule has 2 rings (SSSR count). The zero-order valence-electron chi connectivity index (χ0n) is 13.4. The molecule has 2 nitrogen and oxygen atoms in total. The van der Waals surface area contributed by atoms with E-state index in [1.165, 1.54) is 11.1 Å². The summed E-state index contributed by atoms with van der Waals surface area (Å²) in [5.74, 6) is 1.85. The largest absolute Gasteiger partial charge is 0.496 e.